The molecule has 1 amide bonds. The fraction of sp³-hybridized carbons (Fsp3) is 0.280. The highest BCUT2D eigenvalue weighted by molar-refractivity contribution is 6.12. The number of carbonyl (C=O) groups excluding carboxylic acids is 2. The summed E-state index contributed by atoms with van der Waals surface area (Å²) < 4.78 is 21.1. The number of aliphatic hydroxyl groups excluding tert-OH is 1. The summed E-state index contributed by atoms with van der Waals surface area (Å²) in [5, 5.41) is 23.1. The van der Waals surface area contributed by atoms with E-state index in [4.69, 9.17) is 18.9 Å². The van der Waals surface area contributed by atoms with Gasteiger partial charge in [-0.3, -0.25) is 14.9 Å². The summed E-state index contributed by atoms with van der Waals surface area (Å²) in [4.78, 5) is 44.5. The van der Waals surface area contributed by atoms with Gasteiger partial charge in [0.1, 0.15) is 16.9 Å². The van der Waals surface area contributed by atoms with Crippen LogP contribution in [0.15, 0.2) is 24.3 Å². The number of non-ortho nitro benzene ring substituents is 1. The number of ether oxygens (including phenoxy) is 4. The number of nitrogens with one attached hydrogen (secondary N) is 2. The minimum absolute atomic E-state index is 0.0370. The summed E-state index contributed by atoms with van der Waals surface area (Å²) in [5.74, 6) is -0.124. The number of nitro benzene ring substituents is 1. The number of hydrogen-bond donors (Lipinski definition) is 3. The number of aromatic amines is 2. The zero-order valence-corrected chi connectivity index (χ0v) is 20.9. The first-order valence-corrected chi connectivity index (χ1v) is 11.4. The van der Waals surface area contributed by atoms with Crippen LogP contribution in [-0.2, 0) is 11.2 Å². The van der Waals surface area contributed by atoms with Crippen LogP contribution in [0.1, 0.15) is 26.5 Å². The number of hydrogen-bond acceptors (Lipinski definition) is 9. The van der Waals surface area contributed by atoms with Gasteiger partial charge in [0.25, 0.3) is 11.6 Å². The van der Waals surface area contributed by atoms with Gasteiger partial charge in [0.15, 0.2) is 11.5 Å². The summed E-state index contributed by atoms with van der Waals surface area (Å²) in [5.41, 5.74) is 1.35. The Morgan fingerprint density at radius 1 is 1.03 bits per heavy atom. The average Bonchev–Trinajstić information content (AvgIpc) is 3.64. The van der Waals surface area contributed by atoms with E-state index in [1.54, 1.807) is 12.1 Å². The molecule has 2 aromatic heterocycles. The van der Waals surface area contributed by atoms with Gasteiger partial charge in [-0.15, -0.1) is 0 Å². The number of H-pyrrole nitrogens is 2. The Balaban J connectivity index is 1.68. The van der Waals surface area contributed by atoms with Crippen LogP contribution in [0.5, 0.6) is 17.2 Å². The number of aliphatic hydroxyl groups is 1. The minimum atomic E-state index is -0.698. The Hall–Kier alpha value is -4.78. The number of carbonyl (C=O) groups is 2. The zero-order chi connectivity index (χ0) is 27.3. The Kier molecular flexibility index (Phi) is 6.07. The number of fused-ring (bicyclic) bond motifs is 4. The van der Waals surface area contributed by atoms with Crippen molar-refractivity contribution in [2.45, 2.75) is 12.5 Å². The lowest BCUT2D eigenvalue weighted by Crippen LogP contribution is -2.40. The topological polar surface area (TPSA) is 169 Å². The van der Waals surface area contributed by atoms with E-state index in [9.17, 15) is 24.8 Å². The van der Waals surface area contributed by atoms with Crippen molar-refractivity contribution < 1.29 is 38.6 Å². The van der Waals surface area contributed by atoms with Crippen molar-refractivity contribution in [3.05, 3.63) is 51.3 Å². The number of aromatic nitrogens is 2. The number of benzene rings is 2. The number of methoxy groups -OCH3 is 4. The maximum atomic E-state index is 13.9. The van der Waals surface area contributed by atoms with Crippen LogP contribution in [0, 0.1) is 10.1 Å². The standard InChI is InChI=1S/C25H24N4O9/c1-35-19-6-11-5-15(26-20(11)23(37-3)22(19)36-2)24(31)28-12(10-30)7-13-14-8-16(25(32)38-4)27-21(14)18(29(33)34)9-17(13)28/h5-6,8-9,12,26-27,30H,7,10H2,1-4H3. The van der Waals surface area contributed by atoms with Gasteiger partial charge in [0, 0.05) is 16.8 Å². The van der Waals surface area contributed by atoms with E-state index in [2.05, 4.69) is 9.97 Å². The molecule has 4 aromatic rings. The molecule has 0 bridgehead atoms. The molecule has 198 valence electrons. The van der Waals surface area contributed by atoms with Crippen LogP contribution in [0.2, 0.25) is 0 Å². The van der Waals surface area contributed by atoms with Crippen molar-refractivity contribution in [1.82, 2.24) is 9.97 Å². The monoisotopic (exact) mass is 524 g/mol. The van der Waals surface area contributed by atoms with E-state index in [1.807, 2.05) is 0 Å². The molecule has 0 radical (unpaired) electrons. The molecule has 0 saturated heterocycles. The van der Waals surface area contributed by atoms with Crippen molar-refractivity contribution in [1.29, 1.82) is 0 Å². The normalized spacial score (nSPS) is 14.6. The predicted molar refractivity (Wildman–Crippen MR) is 136 cm³/mol. The maximum Gasteiger partial charge on any atom is 0.354 e. The first-order valence-electron chi connectivity index (χ1n) is 11.4. The number of esters is 1. The first kappa shape index (κ1) is 24.9. The van der Waals surface area contributed by atoms with Crippen molar-refractivity contribution >= 4 is 45.1 Å². The highest BCUT2D eigenvalue weighted by Gasteiger charge is 2.39. The molecular weight excluding hydrogens is 500 g/mol. The SMILES string of the molecule is COC(=O)c1cc2c3c(cc([N+](=O)[O-])c2[nH]1)N(C(=O)c1cc2cc(OC)c(OC)c(OC)c2[nH]1)C(CO)C3. The Morgan fingerprint density at radius 2 is 1.74 bits per heavy atom. The van der Waals surface area contributed by atoms with Crippen LogP contribution >= 0.6 is 0 Å². The lowest BCUT2D eigenvalue weighted by Gasteiger charge is -2.23. The molecule has 3 N–H and O–H groups in total. The molecule has 13 nitrogen and oxygen atoms in total. The summed E-state index contributed by atoms with van der Waals surface area (Å²) in [6.07, 6.45) is 0.218. The van der Waals surface area contributed by atoms with Gasteiger partial charge in [0.2, 0.25) is 5.75 Å². The van der Waals surface area contributed by atoms with Gasteiger partial charge in [-0.2, -0.15) is 0 Å². The molecule has 1 aliphatic heterocycles. The molecule has 0 aliphatic carbocycles. The van der Waals surface area contributed by atoms with Gasteiger partial charge in [-0.05, 0) is 30.2 Å². The molecule has 1 unspecified atom stereocenters. The fourth-order valence-corrected chi connectivity index (χ4v) is 5.05. The van der Waals surface area contributed by atoms with Gasteiger partial charge in [-0.25, -0.2) is 4.79 Å². The average molecular weight is 524 g/mol. The van der Waals surface area contributed by atoms with Gasteiger partial charge in [-0.1, -0.05) is 0 Å². The van der Waals surface area contributed by atoms with Crippen LogP contribution in [0.3, 0.4) is 0 Å². The predicted octanol–water partition coefficient (Wildman–Crippen LogP) is 2.93. The smallest absolute Gasteiger partial charge is 0.354 e. The van der Waals surface area contributed by atoms with E-state index < -0.39 is 29.4 Å². The molecule has 1 aliphatic rings. The number of amides is 1. The zero-order valence-electron chi connectivity index (χ0n) is 20.9. The van der Waals surface area contributed by atoms with Gasteiger partial charge >= 0.3 is 5.97 Å². The van der Waals surface area contributed by atoms with Crippen molar-refractivity contribution in [3.8, 4) is 17.2 Å². The Morgan fingerprint density at radius 3 is 2.34 bits per heavy atom. The summed E-state index contributed by atoms with van der Waals surface area (Å²) >= 11 is 0. The van der Waals surface area contributed by atoms with E-state index in [0.717, 1.165) is 0 Å². The molecule has 13 heteroatoms. The number of nitrogens with zero attached hydrogens (tertiary/aromatic N) is 2. The second-order valence-corrected chi connectivity index (χ2v) is 8.62. The summed E-state index contributed by atoms with van der Waals surface area (Å²) in [6.45, 7) is -0.394. The van der Waals surface area contributed by atoms with Crippen LogP contribution in [0.4, 0.5) is 11.4 Å². The minimum Gasteiger partial charge on any atom is -0.493 e. The molecule has 38 heavy (non-hydrogen) atoms. The summed E-state index contributed by atoms with van der Waals surface area (Å²) in [6, 6.07) is 5.33. The van der Waals surface area contributed by atoms with Crippen molar-refractivity contribution in [2.75, 3.05) is 39.9 Å². The van der Waals surface area contributed by atoms with Crippen molar-refractivity contribution in [2.24, 2.45) is 0 Å². The number of nitro groups is 1. The van der Waals surface area contributed by atoms with E-state index in [0.29, 0.717) is 39.1 Å². The molecule has 0 fully saturated rings. The highest BCUT2D eigenvalue weighted by atomic mass is 16.6. The number of anilines is 1. The van der Waals surface area contributed by atoms with Crippen LogP contribution in [0.25, 0.3) is 21.8 Å². The van der Waals surface area contributed by atoms with E-state index in [1.165, 1.54) is 45.5 Å². The van der Waals surface area contributed by atoms with Crippen LogP contribution < -0.4 is 19.1 Å². The molecular formula is C25H24N4O9. The van der Waals surface area contributed by atoms with Crippen LogP contribution in [-0.4, -0.2) is 73.0 Å². The number of rotatable bonds is 7. The highest BCUT2D eigenvalue weighted by Crippen LogP contribution is 2.45. The van der Waals surface area contributed by atoms with Crippen molar-refractivity contribution in [3.63, 3.8) is 0 Å². The van der Waals surface area contributed by atoms with Gasteiger partial charge < -0.3 is 38.9 Å². The molecule has 0 saturated carbocycles. The largest absolute Gasteiger partial charge is 0.493 e. The van der Waals surface area contributed by atoms with Gasteiger partial charge in [0.05, 0.1) is 57.2 Å². The van der Waals surface area contributed by atoms with E-state index >= 15 is 0 Å². The molecule has 1 atom stereocenters. The molecule has 5 rings (SSSR count). The summed E-state index contributed by atoms with van der Waals surface area (Å²) in [7, 11) is 5.61. The van der Waals surface area contributed by atoms with E-state index in [-0.39, 0.29) is 34.7 Å². The third kappa shape index (κ3) is 3.58. The second-order valence-electron chi connectivity index (χ2n) is 8.62. The third-order valence-electron chi connectivity index (χ3n) is 6.73. The second kappa shape index (κ2) is 9.27. The molecule has 2 aromatic carbocycles. The lowest BCUT2D eigenvalue weighted by molar-refractivity contribution is -0.383. The Labute approximate surface area is 215 Å². The quantitative estimate of drug-likeness (QED) is 0.187. The Bertz CT molecular complexity index is 1620. The lowest BCUT2D eigenvalue weighted by atomic mass is 10.0. The third-order valence-corrected chi connectivity index (χ3v) is 6.73. The first-order chi connectivity index (χ1) is 18.3. The molecule has 3 heterocycles. The fourth-order valence-electron chi connectivity index (χ4n) is 5.05. The maximum absolute atomic E-state index is 13.9. The molecule has 0 spiro atoms.